The minimum Gasteiger partial charge on any atom is -0.502 e. The first-order chi connectivity index (χ1) is 9.33. The van der Waals surface area contributed by atoms with E-state index < -0.39 is 0 Å². The van der Waals surface area contributed by atoms with E-state index in [-0.39, 0.29) is 0 Å². The molecule has 0 amide bonds. The molecule has 0 radical (unpaired) electrons. The monoisotopic (exact) mass is 261 g/mol. The smallest absolute Gasteiger partial charge is 0.126 e. The molecule has 1 unspecified atom stereocenters. The van der Waals surface area contributed by atoms with Crippen molar-refractivity contribution < 1.29 is 9.47 Å². The van der Waals surface area contributed by atoms with E-state index in [4.69, 9.17) is 9.47 Å². The van der Waals surface area contributed by atoms with Crippen LogP contribution in [0.15, 0.2) is 31.0 Å². The first-order valence-electron chi connectivity index (χ1n) is 7.01. The predicted octanol–water partition coefficient (Wildman–Crippen LogP) is 3.35. The van der Waals surface area contributed by atoms with Gasteiger partial charge in [-0.2, -0.15) is 0 Å². The second-order valence-corrected chi connectivity index (χ2v) is 4.88. The Bertz CT molecular complexity index is 417. The zero-order valence-electron chi connectivity index (χ0n) is 11.7. The lowest BCUT2D eigenvalue weighted by molar-refractivity contribution is 0.242. The maximum atomic E-state index is 5.88. The van der Waals surface area contributed by atoms with Crippen LogP contribution in [0.2, 0.25) is 0 Å². The van der Waals surface area contributed by atoms with Crippen molar-refractivity contribution in [1.82, 2.24) is 5.32 Å². The minimum atomic E-state index is 0.390. The van der Waals surface area contributed by atoms with Crippen molar-refractivity contribution in [3.8, 4) is 5.75 Å². The number of hydrogen-bond donors (Lipinski definition) is 1. The van der Waals surface area contributed by atoms with Gasteiger partial charge in [-0.25, -0.2) is 0 Å². The Hall–Kier alpha value is -1.48. The number of fused-ring (bicyclic) bond motifs is 1. The highest BCUT2D eigenvalue weighted by Crippen LogP contribution is 2.33. The Morgan fingerprint density at radius 2 is 2.42 bits per heavy atom. The van der Waals surface area contributed by atoms with Crippen LogP contribution in [0.1, 0.15) is 36.4 Å². The Morgan fingerprint density at radius 1 is 1.53 bits per heavy atom. The zero-order valence-corrected chi connectivity index (χ0v) is 11.7. The van der Waals surface area contributed by atoms with E-state index >= 15 is 0 Å². The van der Waals surface area contributed by atoms with Crippen molar-refractivity contribution in [2.75, 3.05) is 19.8 Å². The van der Waals surface area contributed by atoms with Gasteiger partial charge in [-0.3, -0.25) is 0 Å². The molecule has 0 aliphatic carbocycles. The van der Waals surface area contributed by atoms with E-state index in [9.17, 15) is 0 Å². The van der Waals surface area contributed by atoms with Crippen LogP contribution in [-0.2, 0) is 4.74 Å². The molecule has 1 aromatic rings. The summed E-state index contributed by atoms with van der Waals surface area (Å²) in [5.41, 5.74) is 2.52. The lowest BCUT2D eigenvalue weighted by Crippen LogP contribution is -2.23. The molecular formula is C16H23NO2. The maximum Gasteiger partial charge on any atom is 0.126 e. The summed E-state index contributed by atoms with van der Waals surface area (Å²) in [6.07, 6.45) is 4.70. The van der Waals surface area contributed by atoms with Crippen LogP contribution in [0.5, 0.6) is 5.75 Å². The van der Waals surface area contributed by atoms with E-state index in [1.54, 1.807) is 0 Å². The molecule has 0 spiro atoms. The molecule has 0 aromatic heterocycles. The molecule has 1 N–H and O–H groups in total. The van der Waals surface area contributed by atoms with Crippen LogP contribution in [0.4, 0.5) is 0 Å². The first kappa shape index (κ1) is 13.9. The molecule has 0 bridgehead atoms. The molecule has 104 valence electrons. The number of rotatable bonds is 6. The van der Waals surface area contributed by atoms with Gasteiger partial charge in [-0.1, -0.05) is 24.8 Å². The summed E-state index contributed by atoms with van der Waals surface area (Å²) in [5, 5.41) is 3.61. The molecule has 1 aliphatic rings. The molecule has 1 atom stereocenters. The van der Waals surface area contributed by atoms with Gasteiger partial charge in [0, 0.05) is 11.6 Å². The second-order valence-electron chi connectivity index (χ2n) is 4.88. The molecule has 1 heterocycles. The quantitative estimate of drug-likeness (QED) is 0.629. The van der Waals surface area contributed by atoms with Crippen molar-refractivity contribution in [3.05, 3.63) is 42.2 Å². The number of para-hydroxylation sites is 1. The zero-order chi connectivity index (χ0) is 13.5. The normalized spacial score (nSPS) is 18.1. The van der Waals surface area contributed by atoms with E-state index in [1.165, 1.54) is 17.4 Å². The third-order valence-corrected chi connectivity index (χ3v) is 3.45. The number of nitrogens with one attached hydrogen (secondary N) is 1. The molecule has 0 fully saturated rings. The fourth-order valence-corrected chi connectivity index (χ4v) is 2.49. The van der Waals surface area contributed by atoms with Gasteiger partial charge in [0.25, 0.3) is 0 Å². The maximum absolute atomic E-state index is 5.88. The molecule has 3 nitrogen and oxygen atoms in total. The topological polar surface area (TPSA) is 30.5 Å². The number of benzene rings is 1. The van der Waals surface area contributed by atoms with Crippen molar-refractivity contribution in [2.24, 2.45) is 0 Å². The van der Waals surface area contributed by atoms with E-state index in [2.05, 4.69) is 37.0 Å². The van der Waals surface area contributed by atoms with E-state index in [0.29, 0.717) is 6.04 Å². The first-order valence-corrected chi connectivity index (χ1v) is 7.01. The summed E-state index contributed by atoms with van der Waals surface area (Å²) in [7, 11) is 0. The summed E-state index contributed by atoms with van der Waals surface area (Å²) in [4.78, 5) is 0. The predicted molar refractivity (Wildman–Crippen MR) is 77.4 cm³/mol. The Labute approximate surface area is 115 Å². The third-order valence-electron chi connectivity index (χ3n) is 3.45. The van der Waals surface area contributed by atoms with Gasteiger partial charge in [0.1, 0.15) is 5.75 Å². The molecule has 2 rings (SSSR count). The van der Waals surface area contributed by atoms with Crippen molar-refractivity contribution in [2.45, 2.75) is 32.2 Å². The average molecular weight is 261 g/mol. The molecule has 19 heavy (non-hydrogen) atoms. The van der Waals surface area contributed by atoms with Crippen LogP contribution < -0.4 is 10.1 Å². The van der Waals surface area contributed by atoms with Gasteiger partial charge in [-0.15, -0.1) is 0 Å². The van der Waals surface area contributed by atoms with Crippen molar-refractivity contribution in [1.29, 1.82) is 0 Å². The molecule has 0 saturated heterocycles. The fourth-order valence-electron chi connectivity index (χ4n) is 2.49. The van der Waals surface area contributed by atoms with Crippen LogP contribution in [0.25, 0.3) is 0 Å². The SMILES string of the molecule is C=COCCCNC1CCCOc2c(C)cccc21. The van der Waals surface area contributed by atoms with Crippen molar-refractivity contribution in [3.63, 3.8) is 0 Å². The van der Waals surface area contributed by atoms with Crippen LogP contribution in [-0.4, -0.2) is 19.8 Å². The Morgan fingerprint density at radius 3 is 3.26 bits per heavy atom. The number of ether oxygens (including phenoxy) is 2. The summed E-state index contributed by atoms with van der Waals surface area (Å²) in [6.45, 7) is 8.14. The molecular weight excluding hydrogens is 238 g/mol. The highest BCUT2D eigenvalue weighted by molar-refractivity contribution is 5.43. The van der Waals surface area contributed by atoms with Gasteiger partial charge in [-0.05, 0) is 38.3 Å². The summed E-state index contributed by atoms with van der Waals surface area (Å²) in [6, 6.07) is 6.78. The fraction of sp³-hybridized carbons (Fsp3) is 0.500. The highest BCUT2D eigenvalue weighted by Gasteiger charge is 2.20. The van der Waals surface area contributed by atoms with E-state index in [0.717, 1.165) is 44.8 Å². The van der Waals surface area contributed by atoms with Crippen LogP contribution in [0.3, 0.4) is 0 Å². The average Bonchev–Trinajstić information content (AvgIpc) is 2.62. The van der Waals surface area contributed by atoms with Gasteiger partial charge in [0.15, 0.2) is 0 Å². The molecule has 0 saturated carbocycles. The molecule has 1 aliphatic heterocycles. The van der Waals surface area contributed by atoms with Crippen LogP contribution in [0, 0.1) is 6.92 Å². The summed E-state index contributed by atoms with van der Waals surface area (Å²) >= 11 is 0. The molecule has 3 heteroatoms. The second kappa shape index (κ2) is 7.19. The third kappa shape index (κ3) is 3.74. The van der Waals surface area contributed by atoms with Gasteiger partial charge in [0.05, 0.1) is 19.5 Å². The van der Waals surface area contributed by atoms with Gasteiger partial charge < -0.3 is 14.8 Å². The number of aryl methyl sites for hydroxylation is 1. The Balaban J connectivity index is 1.97. The highest BCUT2D eigenvalue weighted by atomic mass is 16.5. The van der Waals surface area contributed by atoms with E-state index in [1.807, 2.05) is 0 Å². The molecule has 1 aromatic carbocycles. The standard InChI is InChI=1S/C16H23NO2/c1-3-18-11-6-10-17-15-9-5-12-19-16-13(2)7-4-8-14(15)16/h3-4,7-8,15,17H,1,5-6,9-12H2,2H3. The minimum absolute atomic E-state index is 0.390. The largest absolute Gasteiger partial charge is 0.502 e. The lowest BCUT2D eigenvalue weighted by atomic mass is 10.00. The van der Waals surface area contributed by atoms with Crippen LogP contribution >= 0.6 is 0 Å². The summed E-state index contributed by atoms with van der Waals surface area (Å²) < 4.78 is 11.0. The lowest BCUT2D eigenvalue weighted by Gasteiger charge is -2.19. The number of hydrogen-bond acceptors (Lipinski definition) is 3. The van der Waals surface area contributed by atoms with Crippen molar-refractivity contribution >= 4 is 0 Å². The van der Waals surface area contributed by atoms with Gasteiger partial charge in [0.2, 0.25) is 0 Å². The summed E-state index contributed by atoms with van der Waals surface area (Å²) in [5.74, 6) is 1.07. The Kier molecular flexibility index (Phi) is 5.28. The van der Waals surface area contributed by atoms with Gasteiger partial charge >= 0.3 is 0 Å².